The van der Waals surface area contributed by atoms with Crippen molar-refractivity contribution in [3.8, 4) is 0 Å². The number of amides is 1. The minimum atomic E-state index is 0.222. The minimum absolute atomic E-state index is 0.222. The van der Waals surface area contributed by atoms with Crippen molar-refractivity contribution in [3.05, 3.63) is 23.8 Å². The quantitative estimate of drug-likeness (QED) is 0.841. The molecule has 3 nitrogen and oxygen atoms in total. The van der Waals surface area contributed by atoms with E-state index >= 15 is 0 Å². The Hall–Kier alpha value is -1.51. The standard InChI is InChI=1S/C18H26N2O/c1-2-13-8-10-14(11-9-13)18(21)20-12-4-5-15-16(19)6-3-7-17(15)20/h3,6-7,13-14H,2,4-5,8-12,19H2,1H3. The molecule has 1 saturated carbocycles. The minimum Gasteiger partial charge on any atom is -0.398 e. The van der Waals surface area contributed by atoms with Gasteiger partial charge in [-0.1, -0.05) is 19.4 Å². The van der Waals surface area contributed by atoms with Gasteiger partial charge in [0.15, 0.2) is 0 Å². The molecule has 1 heterocycles. The third kappa shape index (κ3) is 2.78. The second-order valence-electron chi connectivity index (χ2n) is 6.56. The van der Waals surface area contributed by atoms with Gasteiger partial charge in [0.2, 0.25) is 5.91 Å². The van der Waals surface area contributed by atoms with Gasteiger partial charge in [0.25, 0.3) is 0 Å². The van der Waals surface area contributed by atoms with E-state index < -0.39 is 0 Å². The Morgan fingerprint density at radius 2 is 2.05 bits per heavy atom. The van der Waals surface area contributed by atoms with E-state index in [1.54, 1.807) is 0 Å². The highest BCUT2D eigenvalue weighted by Crippen LogP contribution is 2.36. The molecule has 1 fully saturated rings. The van der Waals surface area contributed by atoms with Crippen LogP contribution in [0.3, 0.4) is 0 Å². The zero-order valence-corrected chi connectivity index (χ0v) is 13.0. The fraction of sp³-hybridized carbons (Fsp3) is 0.611. The molecular weight excluding hydrogens is 260 g/mol. The van der Waals surface area contributed by atoms with Gasteiger partial charge in [-0.15, -0.1) is 0 Å². The monoisotopic (exact) mass is 286 g/mol. The van der Waals surface area contributed by atoms with Crippen molar-refractivity contribution in [3.63, 3.8) is 0 Å². The topological polar surface area (TPSA) is 46.3 Å². The van der Waals surface area contributed by atoms with Gasteiger partial charge in [-0.05, 0) is 62.1 Å². The van der Waals surface area contributed by atoms with Crippen molar-refractivity contribution in [1.29, 1.82) is 0 Å². The highest BCUT2D eigenvalue weighted by atomic mass is 16.2. The van der Waals surface area contributed by atoms with Gasteiger partial charge < -0.3 is 10.6 Å². The molecule has 2 aliphatic rings. The summed E-state index contributed by atoms with van der Waals surface area (Å²) in [5.74, 6) is 1.38. The number of carbonyl (C=O) groups is 1. The summed E-state index contributed by atoms with van der Waals surface area (Å²) < 4.78 is 0. The summed E-state index contributed by atoms with van der Waals surface area (Å²) in [6.45, 7) is 3.11. The van der Waals surface area contributed by atoms with Crippen LogP contribution < -0.4 is 10.6 Å². The first-order valence-electron chi connectivity index (χ1n) is 8.39. The highest BCUT2D eigenvalue weighted by Gasteiger charge is 2.31. The summed E-state index contributed by atoms with van der Waals surface area (Å²) >= 11 is 0. The molecule has 1 aliphatic heterocycles. The number of fused-ring (bicyclic) bond motifs is 1. The second kappa shape index (κ2) is 6.08. The fourth-order valence-electron chi connectivity index (χ4n) is 3.92. The Bertz CT molecular complexity index is 518. The summed E-state index contributed by atoms with van der Waals surface area (Å²) in [5.41, 5.74) is 9.14. The zero-order chi connectivity index (χ0) is 14.8. The SMILES string of the molecule is CCC1CCC(C(=O)N2CCCc3c(N)cccc32)CC1. The number of rotatable bonds is 2. The molecule has 3 heteroatoms. The smallest absolute Gasteiger partial charge is 0.230 e. The van der Waals surface area contributed by atoms with E-state index in [1.807, 2.05) is 17.0 Å². The molecule has 2 N–H and O–H groups in total. The molecule has 0 aromatic heterocycles. The molecule has 0 bridgehead atoms. The molecule has 114 valence electrons. The normalized spacial score (nSPS) is 25.5. The Balaban J connectivity index is 1.76. The van der Waals surface area contributed by atoms with Crippen molar-refractivity contribution < 1.29 is 4.79 Å². The molecule has 0 radical (unpaired) electrons. The van der Waals surface area contributed by atoms with Crippen LogP contribution in [0.2, 0.25) is 0 Å². The van der Waals surface area contributed by atoms with Crippen LogP contribution in [0.1, 0.15) is 51.0 Å². The average molecular weight is 286 g/mol. The van der Waals surface area contributed by atoms with Gasteiger partial charge in [0.05, 0.1) is 0 Å². The molecule has 21 heavy (non-hydrogen) atoms. The lowest BCUT2D eigenvalue weighted by Gasteiger charge is -2.35. The van der Waals surface area contributed by atoms with Crippen LogP contribution in [-0.2, 0) is 11.2 Å². The van der Waals surface area contributed by atoms with Crippen LogP contribution >= 0.6 is 0 Å². The van der Waals surface area contributed by atoms with E-state index in [9.17, 15) is 4.79 Å². The molecular formula is C18H26N2O. The van der Waals surface area contributed by atoms with Crippen LogP contribution in [0.4, 0.5) is 11.4 Å². The third-order valence-corrected chi connectivity index (χ3v) is 5.33. The van der Waals surface area contributed by atoms with Gasteiger partial charge in [0, 0.05) is 23.8 Å². The lowest BCUT2D eigenvalue weighted by atomic mass is 9.80. The Morgan fingerprint density at radius 3 is 2.76 bits per heavy atom. The third-order valence-electron chi connectivity index (χ3n) is 5.33. The van der Waals surface area contributed by atoms with E-state index in [1.165, 1.54) is 24.8 Å². The second-order valence-corrected chi connectivity index (χ2v) is 6.56. The number of nitrogen functional groups attached to an aromatic ring is 1. The highest BCUT2D eigenvalue weighted by molar-refractivity contribution is 5.97. The molecule has 1 aliphatic carbocycles. The van der Waals surface area contributed by atoms with Crippen molar-refractivity contribution in [2.45, 2.75) is 51.9 Å². The first kappa shape index (κ1) is 14.4. The van der Waals surface area contributed by atoms with E-state index in [-0.39, 0.29) is 5.92 Å². The number of carbonyl (C=O) groups excluding carboxylic acids is 1. The summed E-state index contributed by atoms with van der Waals surface area (Å²) in [5, 5.41) is 0. The first-order chi connectivity index (χ1) is 10.2. The lowest BCUT2D eigenvalue weighted by Crippen LogP contribution is -2.41. The van der Waals surface area contributed by atoms with E-state index in [0.29, 0.717) is 5.91 Å². The predicted molar refractivity (Wildman–Crippen MR) is 87.3 cm³/mol. The van der Waals surface area contributed by atoms with Gasteiger partial charge in [-0.2, -0.15) is 0 Å². The maximum Gasteiger partial charge on any atom is 0.230 e. The Labute approximate surface area is 127 Å². The number of nitrogens with zero attached hydrogens (tertiary/aromatic N) is 1. The molecule has 1 amide bonds. The fourth-order valence-corrected chi connectivity index (χ4v) is 3.92. The first-order valence-corrected chi connectivity index (χ1v) is 8.39. The Kier molecular flexibility index (Phi) is 4.18. The zero-order valence-electron chi connectivity index (χ0n) is 13.0. The van der Waals surface area contributed by atoms with Gasteiger partial charge in [-0.3, -0.25) is 4.79 Å². The van der Waals surface area contributed by atoms with Crippen molar-refractivity contribution in [2.24, 2.45) is 11.8 Å². The van der Waals surface area contributed by atoms with Crippen molar-refractivity contribution >= 4 is 17.3 Å². The predicted octanol–water partition coefficient (Wildman–Crippen LogP) is 3.76. The molecule has 0 unspecified atom stereocenters. The van der Waals surface area contributed by atoms with Gasteiger partial charge in [0.1, 0.15) is 0 Å². The lowest BCUT2D eigenvalue weighted by molar-refractivity contribution is -0.123. The summed E-state index contributed by atoms with van der Waals surface area (Å²) in [7, 11) is 0. The molecule has 1 aromatic rings. The summed E-state index contributed by atoms with van der Waals surface area (Å²) in [6, 6.07) is 5.97. The van der Waals surface area contributed by atoms with Crippen molar-refractivity contribution in [2.75, 3.05) is 17.2 Å². The van der Waals surface area contributed by atoms with Crippen molar-refractivity contribution in [1.82, 2.24) is 0 Å². The Morgan fingerprint density at radius 1 is 1.29 bits per heavy atom. The maximum atomic E-state index is 12.9. The van der Waals surface area contributed by atoms with E-state index in [4.69, 9.17) is 5.73 Å². The van der Waals surface area contributed by atoms with Gasteiger partial charge in [-0.25, -0.2) is 0 Å². The van der Waals surface area contributed by atoms with Crippen LogP contribution in [0.25, 0.3) is 0 Å². The van der Waals surface area contributed by atoms with E-state index in [2.05, 4.69) is 13.0 Å². The molecule has 3 rings (SSSR count). The summed E-state index contributed by atoms with van der Waals surface area (Å²) in [6.07, 6.45) is 7.82. The van der Waals surface area contributed by atoms with E-state index in [0.717, 1.165) is 49.5 Å². The van der Waals surface area contributed by atoms with Gasteiger partial charge >= 0.3 is 0 Å². The number of nitrogens with two attached hydrogens (primary N) is 1. The van der Waals surface area contributed by atoms with Crippen LogP contribution in [-0.4, -0.2) is 12.5 Å². The average Bonchev–Trinajstić information content (AvgIpc) is 2.54. The number of anilines is 2. The number of hydrogen-bond donors (Lipinski definition) is 1. The van der Waals surface area contributed by atoms with Crippen LogP contribution in [0.15, 0.2) is 18.2 Å². The maximum absolute atomic E-state index is 12.9. The van der Waals surface area contributed by atoms with Crippen LogP contribution in [0.5, 0.6) is 0 Å². The largest absolute Gasteiger partial charge is 0.398 e. The molecule has 0 spiro atoms. The number of benzene rings is 1. The molecule has 0 saturated heterocycles. The number of hydrogen-bond acceptors (Lipinski definition) is 2. The van der Waals surface area contributed by atoms with Crippen LogP contribution in [0, 0.1) is 11.8 Å². The molecule has 0 atom stereocenters. The molecule has 1 aromatic carbocycles. The summed E-state index contributed by atoms with van der Waals surface area (Å²) in [4.78, 5) is 14.9.